The monoisotopic (exact) mass is 531 g/mol. The van der Waals surface area contributed by atoms with Crippen molar-refractivity contribution in [2.45, 2.75) is 37.0 Å². The summed E-state index contributed by atoms with van der Waals surface area (Å²) in [6.07, 6.45) is 4.19. The summed E-state index contributed by atoms with van der Waals surface area (Å²) in [5.41, 5.74) is 0.608. The van der Waals surface area contributed by atoms with E-state index in [2.05, 4.69) is 15.5 Å². The van der Waals surface area contributed by atoms with Crippen molar-refractivity contribution in [2.24, 2.45) is 7.05 Å². The molecule has 1 saturated carbocycles. The van der Waals surface area contributed by atoms with E-state index in [9.17, 15) is 18.0 Å². The summed E-state index contributed by atoms with van der Waals surface area (Å²) in [6.45, 7) is 1.23. The molecule has 1 saturated heterocycles. The molecular formula is C24H26ClN5O5S. The first-order valence-electron chi connectivity index (χ1n) is 11.7. The number of nitrogens with one attached hydrogen (secondary N) is 1. The summed E-state index contributed by atoms with van der Waals surface area (Å²) in [4.78, 5) is 25.9. The largest absolute Gasteiger partial charge is 0.473 e. The molecule has 0 unspecified atom stereocenters. The summed E-state index contributed by atoms with van der Waals surface area (Å²) < 4.78 is 34.0. The number of nitrogens with zero attached hydrogens (tertiary/aromatic N) is 4. The molecule has 3 aromatic rings. The lowest BCUT2D eigenvalue weighted by molar-refractivity contribution is 0.0949. The van der Waals surface area contributed by atoms with E-state index in [1.54, 1.807) is 28.6 Å². The van der Waals surface area contributed by atoms with Gasteiger partial charge in [0.15, 0.2) is 0 Å². The molecule has 0 atom stereocenters. The Balaban J connectivity index is 1.37. The highest BCUT2D eigenvalue weighted by molar-refractivity contribution is 7.90. The Hall–Kier alpha value is -3.02. The molecule has 1 aromatic carbocycles. The average molecular weight is 532 g/mol. The highest BCUT2D eigenvalue weighted by atomic mass is 35.5. The minimum atomic E-state index is -3.49. The Labute approximate surface area is 213 Å². The van der Waals surface area contributed by atoms with Gasteiger partial charge in [-0.1, -0.05) is 23.7 Å². The third-order valence-corrected chi connectivity index (χ3v) is 9.75. The molecule has 2 aromatic heterocycles. The minimum Gasteiger partial charge on any atom is -0.473 e. The van der Waals surface area contributed by atoms with Crippen LogP contribution in [0.5, 0.6) is 5.88 Å². The normalized spacial score (nSPS) is 17.3. The van der Waals surface area contributed by atoms with Gasteiger partial charge in [0.25, 0.3) is 17.3 Å². The Kier molecular flexibility index (Phi) is 6.48. The number of hydrogen-bond donors (Lipinski definition) is 1. The molecule has 1 aliphatic heterocycles. The third kappa shape index (κ3) is 4.46. The smallest absolute Gasteiger partial charge is 0.263 e. The fraction of sp³-hybridized carbons (Fsp3) is 0.417. The zero-order valence-electron chi connectivity index (χ0n) is 19.7. The number of halogens is 1. The van der Waals surface area contributed by atoms with Gasteiger partial charge in [0.2, 0.25) is 10.0 Å². The highest BCUT2D eigenvalue weighted by Crippen LogP contribution is 2.46. The SMILES string of the molecule is Cn1c(=O)c(C(=O)NCc2ccc(Cl)cc2)cc2cnnc(OCC3(S(=O)(=O)N4CCCC4)CC3)c21. The second-order valence-corrected chi connectivity index (χ2v) is 12.0. The van der Waals surface area contributed by atoms with Gasteiger partial charge in [0, 0.05) is 37.1 Å². The fourth-order valence-electron chi connectivity index (χ4n) is 4.48. The summed E-state index contributed by atoms with van der Waals surface area (Å²) >= 11 is 5.89. The van der Waals surface area contributed by atoms with Crippen molar-refractivity contribution in [3.63, 3.8) is 0 Å². The lowest BCUT2D eigenvalue weighted by Gasteiger charge is -2.23. The summed E-state index contributed by atoms with van der Waals surface area (Å²) in [7, 11) is -1.97. The van der Waals surface area contributed by atoms with Crippen LogP contribution in [0.25, 0.3) is 10.9 Å². The van der Waals surface area contributed by atoms with Crippen molar-refractivity contribution in [3.8, 4) is 5.88 Å². The number of pyridine rings is 1. The quantitative estimate of drug-likeness (QED) is 0.473. The number of sulfonamides is 1. The molecule has 12 heteroatoms. The maximum Gasteiger partial charge on any atom is 0.263 e. The molecule has 2 fully saturated rings. The van der Waals surface area contributed by atoms with Gasteiger partial charge in [-0.15, -0.1) is 5.10 Å². The van der Waals surface area contributed by atoms with Crippen LogP contribution in [0, 0.1) is 0 Å². The molecule has 0 spiro atoms. The van der Waals surface area contributed by atoms with Crippen LogP contribution in [0.2, 0.25) is 5.02 Å². The Morgan fingerprint density at radius 2 is 1.89 bits per heavy atom. The molecule has 190 valence electrons. The van der Waals surface area contributed by atoms with E-state index in [0.717, 1.165) is 18.4 Å². The first kappa shape index (κ1) is 24.7. The number of aryl methyl sites for hydroxylation is 1. The first-order valence-corrected chi connectivity index (χ1v) is 13.5. The minimum absolute atomic E-state index is 0.0480. The zero-order valence-corrected chi connectivity index (χ0v) is 21.3. The van der Waals surface area contributed by atoms with Crippen LogP contribution in [0.1, 0.15) is 41.6 Å². The van der Waals surface area contributed by atoms with E-state index < -0.39 is 26.2 Å². The van der Waals surface area contributed by atoms with Crippen LogP contribution in [0.15, 0.2) is 41.3 Å². The van der Waals surface area contributed by atoms with Crippen molar-refractivity contribution in [3.05, 3.63) is 63.0 Å². The van der Waals surface area contributed by atoms with E-state index >= 15 is 0 Å². The molecule has 0 bridgehead atoms. The standard InChI is InChI=1S/C24H26ClN5O5S/c1-29-20-17(12-19(23(29)32)21(31)26-13-16-4-6-18(25)7-5-16)14-27-28-22(20)35-15-24(8-9-24)36(33,34)30-10-2-3-11-30/h4-7,12,14H,2-3,8-11,13,15H2,1H3,(H,26,31). The molecule has 5 rings (SSSR count). The van der Waals surface area contributed by atoms with Gasteiger partial charge in [0.05, 0.1) is 6.20 Å². The van der Waals surface area contributed by atoms with E-state index in [0.29, 0.717) is 41.9 Å². The molecular weight excluding hydrogens is 506 g/mol. The third-order valence-electron chi connectivity index (χ3n) is 6.83. The first-order chi connectivity index (χ1) is 17.2. The van der Waals surface area contributed by atoms with E-state index in [1.165, 1.54) is 23.9 Å². The van der Waals surface area contributed by atoms with Gasteiger partial charge < -0.3 is 14.6 Å². The van der Waals surface area contributed by atoms with Gasteiger partial charge in [-0.25, -0.2) is 12.7 Å². The van der Waals surface area contributed by atoms with Crippen LogP contribution in [-0.2, 0) is 23.6 Å². The molecule has 2 aliphatic rings. The Bertz CT molecular complexity index is 1480. The van der Waals surface area contributed by atoms with Crippen molar-refractivity contribution >= 4 is 38.4 Å². The van der Waals surface area contributed by atoms with Gasteiger partial charge in [0.1, 0.15) is 22.4 Å². The number of hydrogen-bond acceptors (Lipinski definition) is 7. The number of amides is 1. The number of aromatic nitrogens is 3. The lowest BCUT2D eigenvalue weighted by atomic mass is 10.1. The van der Waals surface area contributed by atoms with E-state index in [-0.39, 0.29) is 24.6 Å². The van der Waals surface area contributed by atoms with Crippen molar-refractivity contribution in [2.75, 3.05) is 19.7 Å². The Morgan fingerprint density at radius 3 is 2.56 bits per heavy atom. The highest BCUT2D eigenvalue weighted by Gasteiger charge is 2.58. The maximum absolute atomic E-state index is 13.1. The molecule has 0 radical (unpaired) electrons. The van der Waals surface area contributed by atoms with Crippen molar-refractivity contribution in [1.82, 2.24) is 24.4 Å². The van der Waals surface area contributed by atoms with E-state index in [1.807, 2.05) is 0 Å². The predicted molar refractivity (Wildman–Crippen MR) is 135 cm³/mol. The fourth-order valence-corrected chi connectivity index (χ4v) is 6.71. The number of benzene rings is 1. The second kappa shape index (κ2) is 9.45. The number of rotatable bonds is 8. The number of fused-ring (bicyclic) bond motifs is 1. The van der Waals surface area contributed by atoms with Crippen LogP contribution in [-0.4, -0.2) is 57.8 Å². The van der Waals surface area contributed by atoms with Crippen LogP contribution < -0.4 is 15.6 Å². The molecule has 1 aliphatic carbocycles. The molecule has 1 amide bonds. The summed E-state index contributed by atoms with van der Waals surface area (Å²) in [5.74, 6) is -0.469. The second-order valence-electron chi connectivity index (χ2n) is 9.27. The number of ether oxygens (including phenoxy) is 1. The lowest BCUT2D eigenvalue weighted by Crippen LogP contribution is -2.42. The van der Waals surface area contributed by atoms with Crippen molar-refractivity contribution < 1.29 is 17.9 Å². The number of carbonyl (C=O) groups excluding carboxylic acids is 1. The Morgan fingerprint density at radius 1 is 1.19 bits per heavy atom. The van der Waals surface area contributed by atoms with Crippen LogP contribution >= 0.6 is 11.6 Å². The molecule has 10 nitrogen and oxygen atoms in total. The number of carbonyl (C=O) groups is 1. The topological polar surface area (TPSA) is 123 Å². The van der Waals surface area contributed by atoms with Gasteiger partial charge >= 0.3 is 0 Å². The summed E-state index contributed by atoms with van der Waals surface area (Å²) in [5, 5.41) is 11.8. The van der Waals surface area contributed by atoms with Gasteiger partial charge in [-0.2, -0.15) is 5.10 Å². The molecule has 36 heavy (non-hydrogen) atoms. The van der Waals surface area contributed by atoms with Gasteiger partial charge in [-0.05, 0) is 49.4 Å². The predicted octanol–water partition coefficient (Wildman–Crippen LogP) is 2.25. The molecule has 3 heterocycles. The van der Waals surface area contributed by atoms with Crippen LogP contribution in [0.3, 0.4) is 0 Å². The van der Waals surface area contributed by atoms with Gasteiger partial charge in [-0.3, -0.25) is 9.59 Å². The molecule has 1 N–H and O–H groups in total. The summed E-state index contributed by atoms with van der Waals surface area (Å²) in [6, 6.07) is 8.47. The maximum atomic E-state index is 13.1. The zero-order chi connectivity index (χ0) is 25.5. The van der Waals surface area contributed by atoms with Crippen molar-refractivity contribution in [1.29, 1.82) is 0 Å². The van der Waals surface area contributed by atoms with Crippen LogP contribution in [0.4, 0.5) is 0 Å². The average Bonchev–Trinajstić information content (AvgIpc) is 3.47. The van der Waals surface area contributed by atoms with E-state index in [4.69, 9.17) is 16.3 Å².